The Labute approximate surface area is 111 Å². The van der Waals surface area contributed by atoms with Crippen molar-refractivity contribution in [3.05, 3.63) is 38.4 Å². The molecule has 4 nitrogen and oxygen atoms in total. The lowest BCUT2D eigenvalue weighted by atomic mass is 10.0. The molecule has 1 aromatic carbocycles. The summed E-state index contributed by atoms with van der Waals surface area (Å²) in [6, 6.07) is -0.0788. The van der Waals surface area contributed by atoms with E-state index in [1.807, 2.05) is 0 Å². The Kier molecular flexibility index (Phi) is 3.99. The molecule has 0 fully saturated rings. The second-order valence-electron chi connectivity index (χ2n) is 3.44. The molecule has 11 heteroatoms. The summed E-state index contributed by atoms with van der Waals surface area (Å²) < 4.78 is 74.2. The summed E-state index contributed by atoms with van der Waals surface area (Å²) in [5.41, 5.74) is -5.07. The van der Waals surface area contributed by atoms with Crippen LogP contribution in [0.2, 0.25) is 5.02 Å². The van der Waals surface area contributed by atoms with E-state index in [1.165, 1.54) is 0 Å². The van der Waals surface area contributed by atoms with Gasteiger partial charge in [-0.15, -0.1) is 0 Å². The first-order valence-electron chi connectivity index (χ1n) is 4.52. The Bertz CT molecular complexity index is 580. The highest BCUT2D eigenvalue weighted by molar-refractivity contribution is 6.33. The van der Waals surface area contributed by atoms with Crippen LogP contribution in [0, 0.1) is 10.1 Å². The fraction of sp³-hybridized carbons (Fsp3) is 0.222. The molecule has 0 aliphatic rings. The Morgan fingerprint density at radius 1 is 1.15 bits per heavy atom. The zero-order chi connectivity index (χ0) is 15.9. The standard InChI is InChI=1S/C9H2ClF6NO3/c10-5-2-3(7(18)9(14,15)16)1-4(8(11,12)13)6(5)17(19)20/h1-2H. The topological polar surface area (TPSA) is 60.2 Å². The Morgan fingerprint density at radius 2 is 1.65 bits per heavy atom. The van der Waals surface area contributed by atoms with Crippen molar-refractivity contribution in [3.63, 3.8) is 0 Å². The zero-order valence-electron chi connectivity index (χ0n) is 8.97. The molecule has 0 unspecified atom stereocenters. The minimum Gasteiger partial charge on any atom is -0.284 e. The number of hydrogen-bond acceptors (Lipinski definition) is 3. The van der Waals surface area contributed by atoms with Crippen molar-refractivity contribution in [2.24, 2.45) is 0 Å². The molecular formula is C9H2ClF6NO3. The molecule has 0 amide bonds. The zero-order valence-corrected chi connectivity index (χ0v) is 9.73. The molecule has 1 rings (SSSR count). The first kappa shape index (κ1) is 16.2. The molecule has 0 heterocycles. The lowest BCUT2D eigenvalue weighted by Crippen LogP contribution is -2.23. The number of carbonyl (C=O) groups is 1. The van der Waals surface area contributed by atoms with Crippen LogP contribution in [-0.4, -0.2) is 16.9 Å². The van der Waals surface area contributed by atoms with Crippen molar-refractivity contribution >= 4 is 23.1 Å². The van der Waals surface area contributed by atoms with Gasteiger partial charge < -0.3 is 0 Å². The molecule has 0 atom stereocenters. The smallest absolute Gasteiger partial charge is 0.284 e. The quantitative estimate of drug-likeness (QED) is 0.358. The van der Waals surface area contributed by atoms with Gasteiger partial charge in [-0.3, -0.25) is 14.9 Å². The van der Waals surface area contributed by atoms with E-state index in [0.717, 1.165) is 0 Å². The molecular weight excluding hydrogens is 320 g/mol. The molecule has 0 spiro atoms. The van der Waals surface area contributed by atoms with E-state index in [0.29, 0.717) is 0 Å². The number of nitro groups is 1. The summed E-state index contributed by atoms with van der Waals surface area (Å²) in [5, 5.41) is 9.27. The third-order valence-electron chi connectivity index (χ3n) is 2.07. The molecule has 20 heavy (non-hydrogen) atoms. The second-order valence-corrected chi connectivity index (χ2v) is 3.84. The van der Waals surface area contributed by atoms with Gasteiger partial charge in [0.1, 0.15) is 10.6 Å². The fourth-order valence-electron chi connectivity index (χ4n) is 1.30. The minimum absolute atomic E-state index is 0.171. The summed E-state index contributed by atoms with van der Waals surface area (Å²) >= 11 is 5.17. The van der Waals surface area contributed by atoms with Gasteiger partial charge >= 0.3 is 12.4 Å². The average molecular weight is 322 g/mol. The van der Waals surface area contributed by atoms with Crippen LogP contribution in [0.1, 0.15) is 15.9 Å². The van der Waals surface area contributed by atoms with Crippen molar-refractivity contribution < 1.29 is 36.1 Å². The molecule has 0 aromatic heterocycles. The Morgan fingerprint density at radius 3 is 2.00 bits per heavy atom. The number of alkyl halides is 6. The van der Waals surface area contributed by atoms with Gasteiger partial charge in [0.2, 0.25) is 0 Å². The lowest BCUT2D eigenvalue weighted by molar-refractivity contribution is -0.387. The van der Waals surface area contributed by atoms with Crippen LogP contribution in [0.3, 0.4) is 0 Å². The predicted molar refractivity (Wildman–Crippen MR) is 53.5 cm³/mol. The van der Waals surface area contributed by atoms with Crippen molar-refractivity contribution in [3.8, 4) is 0 Å². The monoisotopic (exact) mass is 321 g/mol. The van der Waals surface area contributed by atoms with Gasteiger partial charge in [0.25, 0.3) is 11.5 Å². The highest BCUT2D eigenvalue weighted by Crippen LogP contribution is 2.41. The summed E-state index contributed by atoms with van der Waals surface area (Å²) in [6.07, 6.45) is -10.8. The molecule has 110 valence electrons. The Hall–Kier alpha value is -1.84. The van der Waals surface area contributed by atoms with Crippen molar-refractivity contribution in [1.29, 1.82) is 0 Å². The summed E-state index contributed by atoms with van der Waals surface area (Å²) in [6.45, 7) is 0. The molecule has 0 saturated heterocycles. The number of carbonyl (C=O) groups excluding carboxylic acids is 1. The molecule has 0 radical (unpaired) electrons. The van der Waals surface area contributed by atoms with Crippen LogP contribution < -0.4 is 0 Å². The third-order valence-corrected chi connectivity index (χ3v) is 2.36. The SMILES string of the molecule is O=C(c1cc(Cl)c([N+](=O)[O-])c(C(F)(F)F)c1)C(F)(F)F. The van der Waals surface area contributed by atoms with E-state index in [2.05, 4.69) is 0 Å². The van der Waals surface area contributed by atoms with Crippen LogP contribution in [0.25, 0.3) is 0 Å². The molecule has 0 bridgehead atoms. The normalized spacial score (nSPS) is 12.3. The van der Waals surface area contributed by atoms with Crippen LogP contribution >= 0.6 is 11.6 Å². The first-order valence-corrected chi connectivity index (χ1v) is 4.90. The van der Waals surface area contributed by atoms with Crippen molar-refractivity contribution in [2.45, 2.75) is 12.4 Å². The third kappa shape index (κ3) is 3.18. The van der Waals surface area contributed by atoms with Gasteiger partial charge in [0, 0.05) is 5.56 Å². The van der Waals surface area contributed by atoms with Crippen LogP contribution in [0.5, 0.6) is 0 Å². The molecule has 0 N–H and O–H groups in total. The summed E-state index contributed by atoms with van der Waals surface area (Å²) in [7, 11) is 0. The predicted octanol–water partition coefficient (Wildman–Crippen LogP) is 4.01. The number of hydrogen-bond donors (Lipinski definition) is 0. The number of Topliss-reactive ketones (excluding diaryl/α,β-unsaturated/α-hetero) is 1. The van der Waals surface area contributed by atoms with E-state index >= 15 is 0 Å². The van der Waals surface area contributed by atoms with Crippen LogP contribution in [0.15, 0.2) is 12.1 Å². The number of halogens is 7. The number of nitrogens with zero attached hydrogens (tertiary/aromatic N) is 1. The molecule has 0 aliphatic heterocycles. The van der Waals surface area contributed by atoms with E-state index in [-0.39, 0.29) is 12.1 Å². The van der Waals surface area contributed by atoms with E-state index in [4.69, 9.17) is 11.6 Å². The van der Waals surface area contributed by atoms with E-state index < -0.39 is 44.9 Å². The highest BCUT2D eigenvalue weighted by Gasteiger charge is 2.44. The Balaban J connectivity index is 3.61. The maximum Gasteiger partial charge on any atom is 0.454 e. The van der Waals surface area contributed by atoms with Gasteiger partial charge in [-0.25, -0.2) is 0 Å². The van der Waals surface area contributed by atoms with Gasteiger partial charge in [-0.1, -0.05) is 11.6 Å². The maximum atomic E-state index is 12.6. The number of ketones is 1. The van der Waals surface area contributed by atoms with E-state index in [9.17, 15) is 41.3 Å². The molecule has 1 aromatic rings. The first-order chi connectivity index (χ1) is 8.85. The summed E-state index contributed by atoms with van der Waals surface area (Å²) in [5.74, 6) is -2.58. The number of rotatable bonds is 2. The van der Waals surface area contributed by atoms with Crippen molar-refractivity contribution in [1.82, 2.24) is 0 Å². The van der Waals surface area contributed by atoms with Gasteiger partial charge in [-0.05, 0) is 12.1 Å². The average Bonchev–Trinajstić information content (AvgIpc) is 2.23. The number of benzene rings is 1. The summed E-state index contributed by atoms with van der Waals surface area (Å²) in [4.78, 5) is 19.8. The number of nitro benzene ring substituents is 1. The van der Waals surface area contributed by atoms with Crippen molar-refractivity contribution in [2.75, 3.05) is 0 Å². The second kappa shape index (κ2) is 4.93. The van der Waals surface area contributed by atoms with Gasteiger partial charge in [0.15, 0.2) is 0 Å². The van der Waals surface area contributed by atoms with Gasteiger partial charge in [0.05, 0.1) is 4.92 Å². The highest BCUT2D eigenvalue weighted by atomic mass is 35.5. The minimum atomic E-state index is -5.43. The molecule has 0 aliphatic carbocycles. The van der Waals surface area contributed by atoms with Gasteiger partial charge in [-0.2, -0.15) is 26.3 Å². The maximum absolute atomic E-state index is 12.6. The largest absolute Gasteiger partial charge is 0.454 e. The molecule has 0 saturated carbocycles. The van der Waals surface area contributed by atoms with Crippen LogP contribution in [-0.2, 0) is 6.18 Å². The van der Waals surface area contributed by atoms with E-state index in [1.54, 1.807) is 0 Å². The van der Waals surface area contributed by atoms with Crippen LogP contribution in [0.4, 0.5) is 32.0 Å². The fourth-order valence-corrected chi connectivity index (χ4v) is 1.58. The lowest BCUT2D eigenvalue weighted by Gasteiger charge is -2.11.